The third-order valence-electron chi connectivity index (χ3n) is 8.08. The Balaban J connectivity index is 1.62. The highest BCUT2D eigenvalue weighted by Crippen LogP contribution is 2.42. The average molecular weight is 628 g/mol. The fourth-order valence-electron chi connectivity index (χ4n) is 5.53. The topological polar surface area (TPSA) is 76.3 Å². The van der Waals surface area contributed by atoms with E-state index in [2.05, 4.69) is 15.0 Å². The number of nitrogens with zero attached hydrogens (tertiary/aromatic N) is 5. The second kappa shape index (κ2) is 11.3. The number of alkyl halides is 6. The summed E-state index contributed by atoms with van der Waals surface area (Å²) >= 11 is 6.90. The molecule has 1 atom stereocenters. The number of pyridine rings is 2. The molecule has 1 unspecified atom stereocenters. The van der Waals surface area contributed by atoms with Crippen molar-refractivity contribution in [2.45, 2.75) is 44.3 Å². The van der Waals surface area contributed by atoms with Crippen molar-refractivity contribution in [3.63, 3.8) is 0 Å². The number of rotatable bonds is 6. The lowest BCUT2D eigenvalue weighted by Crippen LogP contribution is -2.38. The quantitative estimate of drug-likeness (QED) is 0.249. The Morgan fingerprint density at radius 1 is 1.02 bits per heavy atom. The van der Waals surface area contributed by atoms with Gasteiger partial charge in [-0.1, -0.05) is 17.7 Å². The Morgan fingerprint density at radius 2 is 1.70 bits per heavy atom. The van der Waals surface area contributed by atoms with E-state index in [0.717, 1.165) is 12.3 Å². The van der Waals surface area contributed by atoms with Crippen molar-refractivity contribution in [1.82, 2.24) is 24.4 Å². The summed E-state index contributed by atoms with van der Waals surface area (Å²) < 4.78 is 87.5. The summed E-state index contributed by atoms with van der Waals surface area (Å²) in [7, 11) is 3.04. The van der Waals surface area contributed by atoms with E-state index in [0.29, 0.717) is 22.3 Å². The predicted molar refractivity (Wildman–Crippen MR) is 147 cm³/mol. The van der Waals surface area contributed by atoms with Crippen molar-refractivity contribution in [2.75, 3.05) is 20.2 Å². The molecule has 4 heterocycles. The molecule has 14 heteroatoms. The molecule has 0 saturated carbocycles. The number of benzene rings is 1. The Kier molecular flexibility index (Phi) is 8.12. The molecule has 1 fully saturated rings. The van der Waals surface area contributed by atoms with Crippen LogP contribution in [0.15, 0.2) is 42.7 Å². The lowest BCUT2D eigenvalue weighted by molar-refractivity contribution is -0.185. The zero-order valence-corrected chi connectivity index (χ0v) is 24.1. The summed E-state index contributed by atoms with van der Waals surface area (Å²) in [4.78, 5) is 14.1. The second-order valence-corrected chi connectivity index (χ2v) is 11.0. The fourth-order valence-corrected chi connectivity index (χ4v) is 5.82. The first-order valence-electron chi connectivity index (χ1n) is 13.3. The number of hydrogen-bond acceptors (Lipinski definition) is 6. The van der Waals surface area contributed by atoms with Gasteiger partial charge in [0.25, 0.3) is 0 Å². The molecule has 1 aromatic carbocycles. The lowest BCUT2D eigenvalue weighted by Gasteiger charge is -2.33. The molecule has 1 saturated heterocycles. The maximum atomic E-state index is 13.6. The van der Waals surface area contributed by atoms with Gasteiger partial charge in [-0.25, -0.2) is 9.97 Å². The molecular formula is C29H28ClF6N5O2. The minimum Gasteiger partial charge on any atom is -0.481 e. The van der Waals surface area contributed by atoms with E-state index in [1.807, 2.05) is 4.90 Å². The van der Waals surface area contributed by atoms with E-state index in [-0.39, 0.29) is 60.2 Å². The summed E-state index contributed by atoms with van der Waals surface area (Å²) in [6.07, 6.45) is -6.73. The number of halogens is 7. The maximum absolute atomic E-state index is 13.6. The number of methoxy groups -OCH3 is 1. The van der Waals surface area contributed by atoms with Crippen LogP contribution < -0.4 is 4.74 Å². The summed E-state index contributed by atoms with van der Waals surface area (Å²) in [5, 5.41) is 12.9. The van der Waals surface area contributed by atoms with Crippen molar-refractivity contribution >= 4 is 22.5 Å². The van der Waals surface area contributed by atoms with Gasteiger partial charge in [0.05, 0.1) is 35.5 Å². The molecule has 230 valence electrons. The molecule has 3 aromatic heterocycles. The zero-order valence-electron chi connectivity index (χ0n) is 23.4. The molecule has 4 aromatic rings. The van der Waals surface area contributed by atoms with Gasteiger partial charge < -0.3 is 14.4 Å². The highest BCUT2D eigenvalue weighted by molar-refractivity contribution is 6.36. The van der Waals surface area contributed by atoms with Crippen LogP contribution in [0.4, 0.5) is 26.3 Å². The smallest absolute Gasteiger partial charge is 0.433 e. The highest BCUT2D eigenvalue weighted by atomic mass is 35.5. The van der Waals surface area contributed by atoms with Crippen LogP contribution in [0.3, 0.4) is 0 Å². The molecule has 7 nitrogen and oxygen atoms in total. The molecule has 0 aliphatic carbocycles. The predicted octanol–water partition coefficient (Wildman–Crippen LogP) is 6.41. The van der Waals surface area contributed by atoms with E-state index >= 15 is 0 Å². The second-order valence-electron chi connectivity index (χ2n) is 10.6. The van der Waals surface area contributed by atoms with Gasteiger partial charge >= 0.3 is 12.4 Å². The van der Waals surface area contributed by atoms with Gasteiger partial charge in [0.1, 0.15) is 11.5 Å². The van der Waals surface area contributed by atoms with Gasteiger partial charge in [-0.2, -0.15) is 26.3 Å². The molecule has 1 aliphatic heterocycles. The molecule has 1 aliphatic rings. The fraction of sp³-hybridized carbons (Fsp3) is 0.414. The van der Waals surface area contributed by atoms with Gasteiger partial charge in [-0.05, 0) is 68.2 Å². The van der Waals surface area contributed by atoms with Crippen LogP contribution in [0, 0.1) is 12.8 Å². The minimum absolute atomic E-state index is 0.0441. The van der Waals surface area contributed by atoms with Gasteiger partial charge in [0, 0.05) is 30.7 Å². The zero-order chi connectivity index (χ0) is 31.3. The summed E-state index contributed by atoms with van der Waals surface area (Å²) in [6.45, 7) is 2.26. The molecule has 1 N–H and O–H groups in total. The summed E-state index contributed by atoms with van der Waals surface area (Å²) in [5.74, 6) is -0.650. The van der Waals surface area contributed by atoms with Gasteiger partial charge in [0.15, 0.2) is 5.60 Å². The molecule has 0 amide bonds. The lowest BCUT2D eigenvalue weighted by atomic mass is 9.83. The SMILES string of the molecule is COc1nc2ccc(C(O)(c3ccnc(C(F)(F)F)c3)c3cnc(C)n3C)cc2c(Cl)c1CN1CCC(C(F)(F)F)CC1. The summed E-state index contributed by atoms with van der Waals surface area (Å²) in [6, 6.07) is 6.72. The van der Waals surface area contributed by atoms with Crippen molar-refractivity contribution in [1.29, 1.82) is 0 Å². The van der Waals surface area contributed by atoms with Crippen molar-refractivity contribution in [3.05, 3.63) is 81.7 Å². The highest BCUT2D eigenvalue weighted by Gasteiger charge is 2.42. The molecule has 0 bridgehead atoms. The Labute approximate surface area is 248 Å². The number of ether oxygens (including phenoxy) is 1. The monoisotopic (exact) mass is 627 g/mol. The number of hydrogen-bond donors (Lipinski definition) is 1. The van der Waals surface area contributed by atoms with Crippen LogP contribution in [0.5, 0.6) is 5.88 Å². The number of aryl methyl sites for hydroxylation is 1. The Morgan fingerprint density at radius 3 is 2.28 bits per heavy atom. The maximum Gasteiger partial charge on any atom is 0.433 e. The molecule has 43 heavy (non-hydrogen) atoms. The van der Waals surface area contributed by atoms with Crippen LogP contribution in [0.25, 0.3) is 10.9 Å². The molecule has 0 radical (unpaired) electrons. The standard InChI is InChI=1S/C29H28ClF6N5O2/c1-16-38-14-24(40(16)2)27(42,19-6-9-37-23(13-19)29(34,35)36)18-4-5-22-20(12-18)25(30)21(26(39-22)43-3)15-41-10-7-17(8-11-41)28(31,32)33/h4-6,9,12-14,17,42H,7-8,10-11,15H2,1-3H3. The van der Waals surface area contributed by atoms with Crippen LogP contribution in [-0.2, 0) is 25.4 Å². The first-order chi connectivity index (χ1) is 20.1. The van der Waals surface area contributed by atoms with E-state index in [4.69, 9.17) is 16.3 Å². The first-order valence-corrected chi connectivity index (χ1v) is 13.7. The van der Waals surface area contributed by atoms with E-state index in [1.54, 1.807) is 30.7 Å². The third-order valence-corrected chi connectivity index (χ3v) is 8.51. The summed E-state index contributed by atoms with van der Waals surface area (Å²) in [5.41, 5.74) is -2.16. The number of likely N-dealkylation sites (tertiary alicyclic amines) is 1. The van der Waals surface area contributed by atoms with Gasteiger partial charge in [-0.15, -0.1) is 0 Å². The molecule has 0 spiro atoms. The Hall–Kier alpha value is -3.42. The van der Waals surface area contributed by atoms with Crippen LogP contribution in [0.1, 0.15) is 46.7 Å². The van der Waals surface area contributed by atoms with Crippen molar-refractivity contribution in [2.24, 2.45) is 13.0 Å². The first kappa shape index (κ1) is 31.0. The number of imidazole rings is 1. The third kappa shape index (κ3) is 5.77. The Bertz CT molecular complexity index is 1650. The minimum atomic E-state index is -4.75. The van der Waals surface area contributed by atoms with E-state index in [9.17, 15) is 31.4 Å². The van der Waals surface area contributed by atoms with E-state index in [1.165, 1.54) is 25.4 Å². The number of aliphatic hydroxyl groups is 1. The number of fused-ring (bicyclic) bond motifs is 1. The normalized spacial score (nSPS) is 16.9. The number of aromatic nitrogens is 4. The van der Waals surface area contributed by atoms with Crippen LogP contribution in [-0.4, -0.2) is 55.9 Å². The largest absolute Gasteiger partial charge is 0.481 e. The van der Waals surface area contributed by atoms with Gasteiger partial charge in [-0.3, -0.25) is 9.88 Å². The van der Waals surface area contributed by atoms with E-state index < -0.39 is 29.6 Å². The van der Waals surface area contributed by atoms with Gasteiger partial charge in [0.2, 0.25) is 5.88 Å². The van der Waals surface area contributed by atoms with Crippen molar-refractivity contribution < 1.29 is 36.2 Å². The average Bonchev–Trinajstić information content (AvgIpc) is 3.31. The number of piperidine rings is 1. The van der Waals surface area contributed by atoms with Crippen molar-refractivity contribution in [3.8, 4) is 5.88 Å². The van der Waals surface area contributed by atoms with Crippen LogP contribution in [0.2, 0.25) is 5.02 Å². The molecular weight excluding hydrogens is 600 g/mol. The molecule has 5 rings (SSSR count). The van der Waals surface area contributed by atoms with Crippen LogP contribution >= 0.6 is 11.6 Å².